The average Bonchev–Trinajstić information content (AvgIpc) is 3.64. The van der Waals surface area contributed by atoms with E-state index in [2.05, 4.69) is 13.0 Å². The van der Waals surface area contributed by atoms with Gasteiger partial charge in [0.1, 0.15) is 11.6 Å². The first-order chi connectivity index (χ1) is 15.5. The number of carbonyl (C=O) groups is 1. The third-order valence-electron chi connectivity index (χ3n) is 7.54. The SMILES string of the molecule is CCc1ccc(F)c([C@H]2CC[C@H](COc3cccc(C(C4CC4)[C@H](C)C(=O)O)c3)CC2)c1. The predicted molar refractivity (Wildman–Crippen MR) is 125 cm³/mol. The van der Waals surface area contributed by atoms with Gasteiger partial charge in [-0.1, -0.05) is 38.1 Å². The van der Waals surface area contributed by atoms with E-state index in [4.69, 9.17) is 4.74 Å². The van der Waals surface area contributed by atoms with Gasteiger partial charge >= 0.3 is 5.97 Å². The molecule has 0 aromatic heterocycles. The van der Waals surface area contributed by atoms with Gasteiger partial charge in [0.2, 0.25) is 0 Å². The smallest absolute Gasteiger partial charge is 0.306 e. The van der Waals surface area contributed by atoms with E-state index >= 15 is 0 Å². The standard InChI is InChI=1S/C28H35FO3/c1-3-19-9-14-26(29)25(15-19)21-10-7-20(8-11-21)17-32-24-6-4-5-23(16-24)27(22-12-13-22)18(2)28(30)31/h4-6,9,14-16,18,20-22,27H,3,7-8,10-13,17H2,1-2H3,(H,30,31)/t18-,20-,21-,27?/m0/s1. The summed E-state index contributed by atoms with van der Waals surface area (Å²) in [5.74, 6) is 0.945. The fourth-order valence-electron chi connectivity index (χ4n) is 5.37. The summed E-state index contributed by atoms with van der Waals surface area (Å²) in [5.41, 5.74) is 3.17. The van der Waals surface area contributed by atoms with Gasteiger partial charge in [-0.05, 0) is 104 Å². The van der Waals surface area contributed by atoms with Crippen LogP contribution in [0.25, 0.3) is 0 Å². The lowest BCUT2D eigenvalue weighted by Crippen LogP contribution is -2.21. The molecule has 0 amide bonds. The normalized spacial score (nSPS) is 22.8. The molecule has 1 N–H and O–H groups in total. The van der Waals surface area contributed by atoms with E-state index in [9.17, 15) is 14.3 Å². The molecule has 2 aliphatic rings. The lowest BCUT2D eigenvalue weighted by Gasteiger charge is -2.29. The molecule has 3 nitrogen and oxygen atoms in total. The second-order valence-corrected chi connectivity index (χ2v) is 9.80. The van der Waals surface area contributed by atoms with Crippen LogP contribution in [-0.4, -0.2) is 17.7 Å². The van der Waals surface area contributed by atoms with Gasteiger partial charge in [0.05, 0.1) is 12.5 Å². The minimum Gasteiger partial charge on any atom is -0.493 e. The van der Waals surface area contributed by atoms with E-state index in [1.165, 1.54) is 5.56 Å². The van der Waals surface area contributed by atoms with Crippen LogP contribution in [0.15, 0.2) is 42.5 Å². The van der Waals surface area contributed by atoms with Crippen molar-refractivity contribution in [3.8, 4) is 5.75 Å². The van der Waals surface area contributed by atoms with Crippen LogP contribution >= 0.6 is 0 Å². The summed E-state index contributed by atoms with van der Waals surface area (Å²) >= 11 is 0. The van der Waals surface area contributed by atoms with Crippen molar-refractivity contribution in [1.29, 1.82) is 0 Å². The molecule has 32 heavy (non-hydrogen) atoms. The zero-order valence-electron chi connectivity index (χ0n) is 19.2. The molecule has 0 radical (unpaired) electrons. The van der Waals surface area contributed by atoms with E-state index in [-0.39, 0.29) is 17.7 Å². The van der Waals surface area contributed by atoms with E-state index in [0.717, 1.165) is 61.8 Å². The maximum absolute atomic E-state index is 14.4. The molecule has 0 aliphatic heterocycles. The Hall–Kier alpha value is -2.36. The first-order valence-electron chi connectivity index (χ1n) is 12.2. The van der Waals surface area contributed by atoms with Crippen molar-refractivity contribution < 1.29 is 19.0 Å². The number of halogens is 1. The van der Waals surface area contributed by atoms with Gasteiger partial charge in [-0.2, -0.15) is 0 Å². The van der Waals surface area contributed by atoms with Gasteiger partial charge in [0.25, 0.3) is 0 Å². The zero-order chi connectivity index (χ0) is 22.7. The van der Waals surface area contributed by atoms with Crippen molar-refractivity contribution in [3.05, 3.63) is 65.0 Å². The molecule has 172 valence electrons. The Morgan fingerprint density at radius 1 is 1.09 bits per heavy atom. The number of aryl methyl sites for hydroxylation is 1. The lowest BCUT2D eigenvalue weighted by molar-refractivity contribution is -0.142. The molecule has 0 heterocycles. The number of ether oxygens (including phenoxy) is 1. The molecule has 2 aliphatic carbocycles. The number of hydrogen-bond donors (Lipinski definition) is 1. The lowest BCUT2D eigenvalue weighted by atomic mass is 9.78. The summed E-state index contributed by atoms with van der Waals surface area (Å²) in [6.45, 7) is 4.59. The Kier molecular flexibility index (Phi) is 7.17. The van der Waals surface area contributed by atoms with E-state index in [0.29, 0.717) is 24.4 Å². The van der Waals surface area contributed by atoms with Crippen molar-refractivity contribution in [3.63, 3.8) is 0 Å². The highest BCUT2D eigenvalue weighted by Crippen LogP contribution is 2.47. The maximum atomic E-state index is 14.4. The first-order valence-corrected chi connectivity index (χ1v) is 12.2. The molecule has 4 rings (SSSR count). The first kappa shape index (κ1) is 22.8. The number of aliphatic carboxylic acids is 1. The largest absolute Gasteiger partial charge is 0.493 e. The van der Waals surface area contributed by atoms with Crippen molar-refractivity contribution in [2.24, 2.45) is 17.8 Å². The molecule has 2 saturated carbocycles. The summed E-state index contributed by atoms with van der Waals surface area (Å²) in [6, 6.07) is 13.6. The zero-order valence-corrected chi connectivity index (χ0v) is 19.2. The molecule has 0 bridgehead atoms. The van der Waals surface area contributed by atoms with Crippen molar-refractivity contribution >= 4 is 5.97 Å². The van der Waals surface area contributed by atoms with Crippen LogP contribution in [0.4, 0.5) is 4.39 Å². The molecule has 2 aromatic rings. The van der Waals surface area contributed by atoms with Crippen molar-refractivity contribution in [2.75, 3.05) is 6.61 Å². The Bertz CT molecular complexity index is 928. The van der Waals surface area contributed by atoms with Crippen LogP contribution < -0.4 is 4.74 Å². The number of hydrogen-bond acceptors (Lipinski definition) is 2. The Morgan fingerprint density at radius 2 is 1.84 bits per heavy atom. The van der Waals surface area contributed by atoms with E-state index in [1.54, 1.807) is 6.07 Å². The van der Waals surface area contributed by atoms with Crippen LogP contribution in [-0.2, 0) is 11.2 Å². The quantitative estimate of drug-likeness (QED) is 0.460. The summed E-state index contributed by atoms with van der Waals surface area (Å²) in [4.78, 5) is 11.6. The predicted octanol–water partition coefficient (Wildman–Crippen LogP) is 6.96. The molecule has 1 unspecified atom stereocenters. The van der Waals surface area contributed by atoms with Gasteiger partial charge in [-0.3, -0.25) is 4.79 Å². The molecule has 4 heteroatoms. The fourth-order valence-corrected chi connectivity index (χ4v) is 5.37. The van der Waals surface area contributed by atoms with Gasteiger partial charge < -0.3 is 9.84 Å². The van der Waals surface area contributed by atoms with Crippen LogP contribution in [0, 0.1) is 23.6 Å². The second-order valence-electron chi connectivity index (χ2n) is 9.80. The van der Waals surface area contributed by atoms with E-state index < -0.39 is 5.97 Å². The molecule has 2 aromatic carbocycles. The van der Waals surface area contributed by atoms with Crippen molar-refractivity contribution in [1.82, 2.24) is 0 Å². The van der Waals surface area contributed by atoms with Crippen LogP contribution in [0.2, 0.25) is 0 Å². The van der Waals surface area contributed by atoms with Crippen LogP contribution in [0.5, 0.6) is 5.75 Å². The Labute approximate surface area is 191 Å². The number of carboxylic acid groups (broad SMARTS) is 1. The fraction of sp³-hybridized carbons (Fsp3) is 0.536. The summed E-state index contributed by atoms with van der Waals surface area (Å²) in [5, 5.41) is 9.53. The van der Waals surface area contributed by atoms with Crippen LogP contribution in [0.3, 0.4) is 0 Å². The highest BCUT2D eigenvalue weighted by Gasteiger charge is 2.38. The highest BCUT2D eigenvalue weighted by molar-refractivity contribution is 5.71. The Morgan fingerprint density at radius 3 is 2.50 bits per heavy atom. The van der Waals surface area contributed by atoms with Gasteiger partial charge in [0.15, 0.2) is 0 Å². The second kappa shape index (κ2) is 10.1. The van der Waals surface area contributed by atoms with E-state index in [1.807, 2.05) is 37.3 Å². The number of benzene rings is 2. The molecular weight excluding hydrogens is 403 g/mol. The Balaban J connectivity index is 1.33. The topological polar surface area (TPSA) is 46.5 Å². The third kappa shape index (κ3) is 5.33. The summed E-state index contributed by atoms with van der Waals surface area (Å²) in [7, 11) is 0. The summed E-state index contributed by atoms with van der Waals surface area (Å²) in [6.07, 6.45) is 7.23. The van der Waals surface area contributed by atoms with Gasteiger partial charge in [-0.25, -0.2) is 4.39 Å². The molecule has 0 saturated heterocycles. The van der Waals surface area contributed by atoms with Crippen LogP contribution in [0.1, 0.15) is 80.9 Å². The number of rotatable bonds is 9. The maximum Gasteiger partial charge on any atom is 0.306 e. The summed E-state index contributed by atoms with van der Waals surface area (Å²) < 4.78 is 20.5. The molecule has 2 atom stereocenters. The van der Waals surface area contributed by atoms with Gasteiger partial charge in [0, 0.05) is 0 Å². The molecule has 2 fully saturated rings. The van der Waals surface area contributed by atoms with Gasteiger partial charge in [-0.15, -0.1) is 0 Å². The minimum atomic E-state index is -0.731. The molecule has 0 spiro atoms. The van der Waals surface area contributed by atoms with Crippen molar-refractivity contribution in [2.45, 2.75) is 70.6 Å². The molecular formula is C28H35FO3. The average molecular weight is 439 g/mol. The monoisotopic (exact) mass is 438 g/mol. The minimum absolute atomic E-state index is 0.0558. The third-order valence-corrected chi connectivity index (χ3v) is 7.54. The number of carboxylic acids is 1. The highest BCUT2D eigenvalue weighted by atomic mass is 19.1.